The van der Waals surface area contributed by atoms with Gasteiger partial charge >= 0.3 is 0 Å². The summed E-state index contributed by atoms with van der Waals surface area (Å²) in [6.07, 6.45) is 2.40. The summed E-state index contributed by atoms with van der Waals surface area (Å²) in [7, 11) is 3.80. The van der Waals surface area contributed by atoms with Gasteiger partial charge < -0.3 is 20.1 Å². The lowest BCUT2D eigenvalue weighted by Gasteiger charge is -2.28. The molecule has 0 unspecified atom stereocenters. The number of nitrogens with two attached hydrogens (primary N) is 1. The van der Waals surface area contributed by atoms with E-state index in [4.69, 9.17) is 15.2 Å². The number of likely N-dealkylation sites (tertiary alicyclic amines) is 1. The molecule has 1 saturated heterocycles. The third-order valence-corrected chi connectivity index (χ3v) is 3.50. The Morgan fingerprint density at radius 2 is 1.85 bits per heavy atom. The summed E-state index contributed by atoms with van der Waals surface area (Å²) >= 11 is 0. The van der Waals surface area contributed by atoms with E-state index >= 15 is 0 Å². The third kappa shape index (κ3) is 4.93. The second-order valence-corrected chi connectivity index (χ2v) is 4.97. The first-order chi connectivity index (χ1) is 9.69. The van der Waals surface area contributed by atoms with E-state index in [1.54, 1.807) is 13.2 Å². The first-order valence-electron chi connectivity index (χ1n) is 7.44. The molecule has 20 heavy (non-hydrogen) atoms. The van der Waals surface area contributed by atoms with E-state index in [0.29, 0.717) is 17.4 Å². The number of benzene rings is 1. The van der Waals surface area contributed by atoms with Crippen LogP contribution in [-0.2, 0) is 0 Å². The van der Waals surface area contributed by atoms with Crippen molar-refractivity contribution < 1.29 is 9.47 Å². The van der Waals surface area contributed by atoms with Crippen LogP contribution in [-0.4, -0.2) is 38.8 Å². The van der Waals surface area contributed by atoms with Crippen molar-refractivity contribution in [2.75, 3.05) is 39.6 Å². The van der Waals surface area contributed by atoms with Gasteiger partial charge in [-0.2, -0.15) is 0 Å². The lowest BCUT2D eigenvalue weighted by atomic mass is 9.98. The number of methoxy groups -OCH3 is 1. The van der Waals surface area contributed by atoms with Crippen LogP contribution in [0.1, 0.15) is 26.7 Å². The van der Waals surface area contributed by atoms with Crippen molar-refractivity contribution in [3.8, 4) is 11.5 Å². The number of rotatable bonds is 4. The molecule has 1 heterocycles. The van der Waals surface area contributed by atoms with Gasteiger partial charge in [-0.15, -0.1) is 0 Å². The van der Waals surface area contributed by atoms with Crippen molar-refractivity contribution in [1.82, 2.24) is 4.90 Å². The molecule has 0 amide bonds. The Kier molecular flexibility index (Phi) is 7.23. The second kappa shape index (κ2) is 8.69. The van der Waals surface area contributed by atoms with E-state index in [9.17, 15) is 0 Å². The number of ether oxygens (including phenoxy) is 2. The normalized spacial score (nSPS) is 16.2. The van der Waals surface area contributed by atoms with Crippen molar-refractivity contribution in [3.63, 3.8) is 0 Å². The van der Waals surface area contributed by atoms with Crippen LogP contribution in [0.3, 0.4) is 0 Å². The van der Waals surface area contributed by atoms with Crippen molar-refractivity contribution in [1.29, 1.82) is 0 Å². The van der Waals surface area contributed by atoms with E-state index in [2.05, 4.69) is 11.9 Å². The molecule has 114 valence electrons. The maximum Gasteiger partial charge on any atom is 0.162 e. The predicted octanol–water partition coefficient (Wildman–Crippen LogP) is 3.02. The fourth-order valence-corrected chi connectivity index (χ4v) is 2.24. The third-order valence-electron chi connectivity index (χ3n) is 3.50. The summed E-state index contributed by atoms with van der Waals surface area (Å²) in [5.74, 6) is 2.14. The van der Waals surface area contributed by atoms with Crippen molar-refractivity contribution >= 4 is 5.69 Å². The van der Waals surface area contributed by atoms with Crippen molar-refractivity contribution in [3.05, 3.63) is 18.2 Å². The van der Waals surface area contributed by atoms with Crippen LogP contribution in [0.4, 0.5) is 5.69 Å². The zero-order valence-electron chi connectivity index (χ0n) is 13.2. The fourth-order valence-electron chi connectivity index (χ4n) is 2.24. The molecule has 1 fully saturated rings. The molecule has 1 aromatic carbocycles. The molecule has 1 aliphatic heterocycles. The number of anilines is 1. The Hall–Kier alpha value is -1.42. The quantitative estimate of drug-likeness (QED) is 0.861. The summed E-state index contributed by atoms with van der Waals surface area (Å²) < 4.78 is 11.1. The molecule has 2 N–H and O–H groups in total. The van der Waals surface area contributed by atoms with Gasteiger partial charge in [0.15, 0.2) is 11.5 Å². The molecule has 0 aliphatic carbocycles. The lowest BCUT2D eigenvalue weighted by molar-refractivity contribution is 0.157. The monoisotopic (exact) mass is 280 g/mol. The summed E-state index contributed by atoms with van der Waals surface area (Å²) in [5, 5.41) is 0. The average Bonchev–Trinajstić information content (AvgIpc) is 2.49. The molecule has 4 heteroatoms. The van der Waals surface area contributed by atoms with E-state index in [-0.39, 0.29) is 0 Å². The number of nitrogen functional groups attached to an aromatic ring is 1. The molecule has 0 bridgehead atoms. The number of hydrogen-bond acceptors (Lipinski definition) is 4. The van der Waals surface area contributed by atoms with Gasteiger partial charge in [0.2, 0.25) is 0 Å². The van der Waals surface area contributed by atoms with E-state index < -0.39 is 0 Å². The Balaban J connectivity index is 0.000000956. The van der Waals surface area contributed by atoms with Gasteiger partial charge in [-0.25, -0.2) is 0 Å². The fraction of sp³-hybridized carbons (Fsp3) is 0.625. The average molecular weight is 280 g/mol. The topological polar surface area (TPSA) is 47.7 Å². The van der Waals surface area contributed by atoms with Gasteiger partial charge in [-0.3, -0.25) is 0 Å². The van der Waals surface area contributed by atoms with Crippen LogP contribution in [0.15, 0.2) is 18.2 Å². The van der Waals surface area contributed by atoms with Crippen LogP contribution in [0, 0.1) is 5.92 Å². The zero-order chi connectivity index (χ0) is 15.0. The van der Waals surface area contributed by atoms with Crippen molar-refractivity contribution in [2.45, 2.75) is 26.7 Å². The van der Waals surface area contributed by atoms with Crippen LogP contribution < -0.4 is 15.2 Å². The Morgan fingerprint density at radius 1 is 1.20 bits per heavy atom. The summed E-state index contributed by atoms with van der Waals surface area (Å²) in [4.78, 5) is 2.36. The molecule has 0 radical (unpaired) electrons. The molecule has 4 nitrogen and oxygen atoms in total. The maximum absolute atomic E-state index is 5.86. The first kappa shape index (κ1) is 16.6. The van der Waals surface area contributed by atoms with Crippen molar-refractivity contribution in [2.24, 2.45) is 5.92 Å². The van der Waals surface area contributed by atoms with Gasteiger partial charge in [-0.1, -0.05) is 13.8 Å². The number of piperidine rings is 1. The molecule has 1 aliphatic rings. The number of hydrogen-bond donors (Lipinski definition) is 1. The maximum atomic E-state index is 5.86. The Morgan fingerprint density at radius 3 is 2.45 bits per heavy atom. The molecular formula is C16H28N2O2. The smallest absolute Gasteiger partial charge is 0.162 e. The predicted molar refractivity (Wildman–Crippen MR) is 84.5 cm³/mol. The summed E-state index contributed by atoms with van der Waals surface area (Å²) in [6, 6.07) is 5.51. The highest BCUT2D eigenvalue weighted by Gasteiger charge is 2.17. The first-order valence-corrected chi connectivity index (χ1v) is 7.44. The Labute approximate surface area is 122 Å². The SMILES string of the molecule is CC.COc1cc(N)ccc1OCC1CCN(C)CC1. The molecule has 0 spiro atoms. The van der Waals surface area contributed by atoms with Gasteiger partial charge in [0, 0.05) is 11.8 Å². The standard InChI is InChI=1S/C14H22N2O2.C2H6/c1-16-7-5-11(6-8-16)10-18-13-4-3-12(15)9-14(13)17-2;1-2/h3-4,9,11H,5-8,10,15H2,1-2H3;1-2H3. The molecule has 0 atom stereocenters. The van der Waals surface area contributed by atoms with Gasteiger partial charge in [0.25, 0.3) is 0 Å². The second-order valence-electron chi connectivity index (χ2n) is 4.97. The van der Waals surface area contributed by atoms with Crippen LogP contribution in [0.2, 0.25) is 0 Å². The largest absolute Gasteiger partial charge is 0.493 e. The van der Waals surface area contributed by atoms with Crippen LogP contribution in [0.5, 0.6) is 11.5 Å². The van der Waals surface area contributed by atoms with Gasteiger partial charge in [0.05, 0.1) is 13.7 Å². The molecular weight excluding hydrogens is 252 g/mol. The highest BCUT2D eigenvalue weighted by Crippen LogP contribution is 2.30. The molecule has 0 saturated carbocycles. The lowest BCUT2D eigenvalue weighted by Crippen LogP contribution is -2.32. The zero-order valence-corrected chi connectivity index (χ0v) is 13.2. The minimum absolute atomic E-state index is 0.642. The van der Waals surface area contributed by atoms with Gasteiger partial charge in [-0.05, 0) is 51.0 Å². The molecule has 2 rings (SSSR count). The minimum Gasteiger partial charge on any atom is -0.493 e. The van der Waals surface area contributed by atoms with E-state index in [1.165, 1.54) is 12.8 Å². The number of nitrogens with zero attached hydrogens (tertiary/aromatic N) is 1. The van der Waals surface area contributed by atoms with Gasteiger partial charge in [0.1, 0.15) is 0 Å². The van der Waals surface area contributed by atoms with Crippen LogP contribution >= 0.6 is 0 Å². The van der Waals surface area contributed by atoms with E-state index in [1.807, 2.05) is 26.0 Å². The molecule has 0 aromatic heterocycles. The van der Waals surface area contributed by atoms with Crippen LogP contribution in [0.25, 0.3) is 0 Å². The minimum atomic E-state index is 0.642. The highest BCUT2D eigenvalue weighted by molar-refractivity contribution is 5.51. The summed E-state index contributed by atoms with van der Waals surface area (Å²) in [6.45, 7) is 7.08. The molecule has 1 aromatic rings. The van der Waals surface area contributed by atoms with E-state index in [0.717, 1.165) is 25.4 Å². The highest BCUT2D eigenvalue weighted by atomic mass is 16.5. The summed E-state index contributed by atoms with van der Waals surface area (Å²) in [5.41, 5.74) is 6.41. The Bertz CT molecular complexity index is 388.